The fourth-order valence-corrected chi connectivity index (χ4v) is 5.12. The minimum atomic E-state index is -0.564. The number of amides is 1. The predicted octanol–water partition coefficient (Wildman–Crippen LogP) is 4.15. The Bertz CT molecular complexity index is 1520. The molecular formula is C25H24ClN3O7. The molecule has 5 rings (SSSR count). The zero-order valence-electron chi connectivity index (χ0n) is 20.0. The molecule has 0 radical (unpaired) electrons. The highest BCUT2D eigenvalue weighted by Gasteiger charge is 2.36. The summed E-state index contributed by atoms with van der Waals surface area (Å²) >= 11 is 6.30. The molecule has 2 aromatic heterocycles. The van der Waals surface area contributed by atoms with Gasteiger partial charge in [0.2, 0.25) is 5.75 Å². The molecule has 36 heavy (non-hydrogen) atoms. The fraction of sp³-hybridized carbons (Fsp3) is 0.280. The van der Waals surface area contributed by atoms with Crippen LogP contribution in [0.25, 0.3) is 21.8 Å². The molecule has 0 bridgehead atoms. The number of phenols is 1. The van der Waals surface area contributed by atoms with Crippen molar-refractivity contribution in [2.75, 3.05) is 45.8 Å². The van der Waals surface area contributed by atoms with Crippen molar-refractivity contribution in [3.8, 4) is 23.0 Å². The monoisotopic (exact) mass is 513 g/mol. The zero-order valence-corrected chi connectivity index (χ0v) is 20.8. The number of ether oxygens (including phenoxy) is 4. The van der Waals surface area contributed by atoms with Crippen LogP contribution < -0.4 is 19.1 Å². The topological polar surface area (TPSA) is 126 Å². The SMILES string of the molecule is COC(=O)c1cc2c(O)cc3c(c2[nH]1)[C@H](CCl)CN3C(=O)c1cc2cc(OC)c(OC)c(OC)c2[nH]1. The number of phenolic OH excluding ortho intramolecular Hbond substituents is 1. The Hall–Kier alpha value is -4.05. The van der Waals surface area contributed by atoms with E-state index in [-0.39, 0.29) is 29.1 Å². The number of hydrogen-bond donors (Lipinski definition) is 3. The molecule has 4 aromatic rings. The summed E-state index contributed by atoms with van der Waals surface area (Å²) in [4.78, 5) is 33.5. The van der Waals surface area contributed by atoms with E-state index in [9.17, 15) is 14.7 Å². The van der Waals surface area contributed by atoms with Gasteiger partial charge < -0.3 is 38.9 Å². The number of alkyl halides is 1. The van der Waals surface area contributed by atoms with Crippen molar-refractivity contribution < 1.29 is 33.6 Å². The first kappa shape index (κ1) is 23.7. The first-order valence-electron chi connectivity index (χ1n) is 11.0. The van der Waals surface area contributed by atoms with Gasteiger partial charge in [-0.25, -0.2) is 4.79 Å². The van der Waals surface area contributed by atoms with Crippen molar-refractivity contribution in [1.29, 1.82) is 0 Å². The number of aromatic hydroxyl groups is 1. The number of aromatic nitrogens is 2. The average Bonchev–Trinajstić information content (AvgIpc) is 3.61. The minimum Gasteiger partial charge on any atom is -0.507 e. The number of H-pyrrole nitrogens is 2. The van der Waals surface area contributed by atoms with Crippen molar-refractivity contribution in [2.45, 2.75) is 5.92 Å². The number of halogens is 1. The van der Waals surface area contributed by atoms with Gasteiger partial charge in [0.25, 0.3) is 5.91 Å². The fourth-order valence-electron chi connectivity index (χ4n) is 4.87. The van der Waals surface area contributed by atoms with Crippen LogP contribution in [0.1, 0.15) is 32.5 Å². The van der Waals surface area contributed by atoms with Crippen molar-refractivity contribution in [2.24, 2.45) is 0 Å². The van der Waals surface area contributed by atoms with Crippen LogP contribution in [0.2, 0.25) is 0 Å². The average molecular weight is 514 g/mol. The molecule has 1 atom stereocenters. The first-order valence-corrected chi connectivity index (χ1v) is 11.6. The van der Waals surface area contributed by atoms with Gasteiger partial charge in [-0.3, -0.25) is 4.79 Å². The number of rotatable bonds is 6. The lowest BCUT2D eigenvalue weighted by Crippen LogP contribution is -2.30. The van der Waals surface area contributed by atoms with Crippen LogP contribution in [-0.4, -0.2) is 67.8 Å². The first-order chi connectivity index (χ1) is 17.4. The van der Waals surface area contributed by atoms with Gasteiger partial charge >= 0.3 is 5.97 Å². The highest BCUT2D eigenvalue weighted by atomic mass is 35.5. The van der Waals surface area contributed by atoms with Gasteiger partial charge in [0.05, 0.1) is 45.2 Å². The molecule has 0 saturated carbocycles. The second kappa shape index (κ2) is 8.87. The summed E-state index contributed by atoms with van der Waals surface area (Å²) in [5.41, 5.74) is 2.88. The van der Waals surface area contributed by atoms with E-state index >= 15 is 0 Å². The Morgan fingerprint density at radius 2 is 1.72 bits per heavy atom. The van der Waals surface area contributed by atoms with Crippen molar-refractivity contribution in [1.82, 2.24) is 9.97 Å². The number of hydrogen-bond acceptors (Lipinski definition) is 7. The summed E-state index contributed by atoms with van der Waals surface area (Å²) in [6, 6.07) is 6.51. The molecule has 1 aliphatic rings. The minimum absolute atomic E-state index is 0.0732. The third-order valence-corrected chi connectivity index (χ3v) is 6.87. The molecule has 1 amide bonds. The van der Waals surface area contributed by atoms with E-state index < -0.39 is 5.97 Å². The molecule has 0 spiro atoms. The number of nitrogens with one attached hydrogen (secondary N) is 2. The number of carbonyl (C=O) groups excluding carboxylic acids is 2. The van der Waals surface area contributed by atoms with Crippen molar-refractivity contribution in [3.63, 3.8) is 0 Å². The summed E-state index contributed by atoms with van der Waals surface area (Å²) in [7, 11) is 5.82. The normalized spacial score (nSPS) is 14.8. The molecule has 3 heterocycles. The number of anilines is 1. The lowest BCUT2D eigenvalue weighted by Gasteiger charge is -2.17. The number of carbonyl (C=O) groups is 2. The third kappa shape index (κ3) is 3.40. The molecule has 1 aliphatic heterocycles. The highest BCUT2D eigenvalue weighted by Crippen LogP contribution is 2.47. The van der Waals surface area contributed by atoms with Crippen LogP contribution >= 0.6 is 11.6 Å². The van der Waals surface area contributed by atoms with E-state index in [2.05, 4.69) is 9.97 Å². The Balaban J connectivity index is 1.63. The summed E-state index contributed by atoms with van der Waals surface area (Å²) in [6.45, 7) is 0.294. The molecule has 2 aromatic carbocycles. The smallest absolute Gasteiger partial charge is 0.354 e. The van der Waals surface area contributed by atoms with Gasteiger partial charge in [-0.15, -0.1) is 11.6 Å². The second-order valence-electron chi connectivity index (χ2n) is 8.35. The molecule has 188 valence electrons. The molecule has 11 heteroatoms. The summed E-state index contributed by atoms with van der Waals surface area (Å²) < 4.78 is 21.2. The summed E-state index contributed by atoms with van der Waals surface area (Å²) in [5.74, 6) is 0.333. The maximum absolute atomic E-state index is 13.7. The van der Waals surface area contributed by atoms with Gasteiger partial charge in [-0.05, 0) is 18.2 Å². The Labute approximate surface area is 210 Å². The van der Waals surface area contributed by atoms with Crippen LogP contribution in [0.15, 0.2) is 24.3 Å². The lowest BCUT2D eigenvalue weighted by atomic mass is 10.00. The number of methoxy groups -OCH3 is 4. The number of benzene rings is 2. The Kier molecular flexibility index (Phi) is 5.83. The third-order valence-electron chi connectivity index (χ3n) is 6.50. The molecule has 0 fully saturated rings. The highest BCUT2D eigenvalue weighted by molar-refractivity contribution is 6.19. The Morgan fingerprint density at radius 3 is 2.36 bits per heavy atom. The van der Waals surface area contributed by atoms with Gasteiger partial charge in [-0.1, -0.05) is 0 Å². The van der Waals surface area contributed by atoms with E-state index in [1.807, 2.05) is 0 Å². The van der Waals surface area contributed by atoms with Crippen LogP contribution in [0.3, 0.4) is 0 Å². The molecule has 0 saturated heterocycles. The molecule has 3 N–H and O–H groups in total. The number of esters is 1. The van der Waals surface area contributed by atoms with E-state index in [0.717, 1.165) is 5.56 Å². The van der Waals surface area contributed by atoms with Gasteiger partial charge in [0.1, 0.15) is 17.1 Å². The van der Waals surface area contributed by atoms with Crippen molar-refractivity contribution >= 4 is 51.0 Å². The van der Waals surface area contributed by atoms with E-state index in [0.29, 0.717) is 57.0 Å². The quantitative estimate of drug-likeness (QED) is 0.261. The zero-order chi connectivity index (χ0) is 25.7. The van der Waals surface area contributed by atoms with E-state index in [1.165, 1.54) is 40.6 Å². The van der Waals surface area contributed by atoms with Crippen LogP contribution in [0, 0.1) is 0 Å². The van der Waals surface area contributed by atoms with Crippen LogP contribution in [0.4, 0.5) is 5.69 Å². The molecular weight excluding hydrogens is 490 g/mol. The maximum Gasteiger partial charge on any atom is 0.354 e. The van der Waals surface area contributed by atoms with Gasteiger partial charge in [-0.2, -0.15) is 0 Å². The van der Waals surface area contributed by atoms with Crippen LogP contribution in [-0.2, 0) is 4.74 Å². The molecule has 10 nitrogen and oxygen atoms in total. The summed E-state index contributed by atoms with van der Waals surface area (Å²) in [5, 5.41) is 11.9. The molecule has 0 aliphatic carbocycles. The van der Waals surface area contributed by atoms with Gasteiger partial charge in [0, 0.05) is 40.7 Å². The second-order valence-corrected chi connectivity index (χ2v) is 8.66. The van der Waals surface area contributed by atoms with Crippen LogP contribution in [0.5, 0.6) is 23.0 Å². The molecule has 0 unspecified atom stereocenters. The van der Waals surface area contributed by atoms with Gasteiger partial charge in [0.15, 0.2) is 11.5 Å². The number of nitrogens with zero attached hydrogens (tertiary/aromatic N) is 1. The Morgan fingerprint density at radius 1 is 1.00 bits per heavy atom. The lowest BCUT2D eigenvalue weighted by molar-refractivity contribution is 0.0595. The van der Waals surface area contributed by atoms with E-state index in [1.54, 1.807) is 17.0 Å². The van der Waals surface area contributed by atoms with E-state index in [4.69, 9.17) is 30.5 Å². The van der Waals surface area contributed by atoms with Crippen molar-refractivity contribution in [3.05, 3.63) is 41.2 Å². The predicted molar refractivity (Wildman–Crippen MR) is 134 cm³/mol. The standard InChI is InChI=1S/C25H24ClN3O7/c1-33-18-6-11-5-14(27-20(11)23(35-3)22(18)34-2)24(31)29-10-12(9-26)19-16(29)8-17(30)13-7-15(25(32)36-4)28-21(13)19/h5-8,12,27-28,30H,9-10H2,1-4H3/t12-/m1/s1. The summed E-state index contributed by atoms with van der Waals surface area (Å²) in [6.07, 6.45) is 0. The largest absolute Gasteiger partial charge is 0.507 e. The maximum atomic E-state index is 13.7. The number of aromatic amines is 2. The number of fused-ring (bicyclic) bond motifs is 4.